The molecule has 0 radical (unpaired) electrons. The van der Waals surface area contributed by atoms with E-state index in [0.29, 0.717) is 35.2 Å². The first-order chi connectivity index (χ1) is 17.4. The highest BCUT2D eigenvalue weighted by atomic mass is 16.5. The predicted octanol–water partition coefficient (Wildman–Crippen LogP) is 2.65. The number of aliphatic hydroxyl groups is 2. The van der Waals surface area contributed by atoms with Gasteiger partial charge >= 0.3 is 0 Å². The van der Waals surface area contributed by atoms with E-state index in [-0.39, 0.29) is 18.5 Å². The zero-order valence-corrected chi connectivity index (χ0v) is 20.3. The standard InChI is InChI=1S/C25H29N7O4/c1-5-23(34)27-16-14-17(21(36-4)15-20(16)30(2)12-13-33)28-24-26-11-10-22(29-24)32-19-9-7-6-8-18(19)31(3)25(32)35/h5-11,14-15,25,33,35H,1,12-13H2,2-4H3,(H,27,34)(H,26,28,29). The SMILES string of the molecule is C=CC(=O)Nc1cc(Nc2nccc(N3c4ccccc4N(C)C3O)n2)c(OC)cc1N(C)CCO. The van der Waals surface area contributed by atoms with Gasteiger partial charge in [-0.3, -0.25) is 9.69 Å². The van der Waals surface area contributed by atoms with Gasteiger partial charge in [-0.05, 0) is 30.3 Å². The van der Waals surface area contributed by atoms with E-state index in [9.17, 15) is 15.0 Å². The van der Waals surface area contributed by atoms with Gasteiger partial charge in [-0.1, -0.05) is 18.7 Å². The summed E-state index contributed by atoms with van der Waals surface area (Å²) in [5.74, 6) is 0.859. The van der Waals surface area contributed by atoms with Crippen LogP contribution < -0.4 is 30.1 Å². The number of para-hydroxylation sites is 2. The zero-order chi connectivity index (χ0) is 25.8. The molecule has 0 spiro atoms. The minimum absolute atomic E-state index is 0.0606. The van der Waals surface area contributed by atoms with Crippen LogP contribution in [-0.4, -0.2) is 66.8 Å². The summed E-state index contributed by atoms with van der Waals surface area (Å²) in [6.45, 7) is 3.80. The Morgan fingerprint density at radius 2 is 2.00 bits per heavy atom. The minimum atomic E-state index is -0.929. The average molecular weight is 492 g/mol. The smallest absolute Gasteiger partial charge is 0.247 e. The molecule has 4 N–H and O–H groups in total. The number of carbonyl (C=O) groups is 1. The molecular formula is C25H29N7O4. The fraction of sp³-hybridized carbons (Fsp3) is 0.240. The van der Waals surface area contributed by atoms with Gasteiger partial charge in [-0.25, -0.2) is 4.98 Å². The van der Waals surface area contributed by atoms with Crippen LogP contribution in [0, 0.1) is 0 Å². The van der Waals surface area contributed by atoms with Crippen LogP contribution in [0.4, 0.5) is 40.2 Å². The molecule has 2 heterocycles. The molecule has 188 valence electrons. The lowest BCUT2D eigenvalue weighted by Gasteiger charge is -2.25. The number of aromatic nitrogens is 2. The number of fused-ring (bicyclic) bond motifs is 1. The van der Waals surface area contributed by atoms with E-state index in [4.69, 9.17) is 4.74 Å². The van der Waals surface area contributed by atoms with Crippen molar-refractivity contribution in [1.29, 1.82) is 0 Å². The molecule has 2 aromatic carbocycles. The number of likely N-dealkylation sites (N-methyl/N-ethyl adjacent to an activating group) is 1. The number of aliphatic hydroxyl groups excluding tert-OH is 2. The van der Waals surface area contributed by atoms with E-state index < -0.39 is 6.35 Å². The topological polar surface area (TPSA) is 126 Å². The Hall–Kier alpha value is -4.35. The highest BCUT2D eigenvalue weighted by molar-refractivity contribution is 6.02. The lowest BCUT2D eigenvalue weighted by molar-refractivity contribution is -0.111. The van der Waals surface area contributed by atoms with Gasteiger partial charge in [0.25, 0.3) is 0 Å². The largest absolute Gasteiger partial charge is 0.494 e. The van der Waals surface area contributed by atoms with Crippen molar-refractivity contribution in [3.63, 3.8) is 0 Å². The lowest BCUT2D eigenvalue weighted by atomic mass is 10.2. The summed E-state index contributed by atoms with van der Waals surface area (Å²) in [6.07, 6.45) is 1.84. The third kappa shape index (κ3) is 4.74. The van der Waals surface area contributed by atoms with E-state index in [0.717, 1.165) is 11.4 Å². The molecule has 0 aliphatic carbocycles. The van der Waals surface area contributed by atoms with Crippen LogP contribution >= 0.6 is 0 Å². The maximum atomic E-state index is 12.1. The molecule has 3 aromatic rings. The number of anilines is 7. The normalized spacial score (nSPS) is 14.3. The molecule has 1 atom stereocenters. The van der Waals surface area contributed by atoms with Crippen LogP contribution in [0.1, 0.15) is 0 Å². The summed E-state index contributed by atoms with van der Waals surface area (Å²) in [5, 5.41) is 26.2. The predicted molar refractivity (Wildman–Crippen MR) is 140 cm³/mol. The van der Waals surface area contributed by atoms with Crippen LogP contribution in [0.5, 0.6) is 5.75 Å². The fourth-order valence-electron chi connectivity index (χ4n) is 4.00. The maximum absolute atomic E-state index is 12.1. The Kier molecular flexibility index (Phi) is 7.23. The number of rotatable bonds is 9. The summed E-state index contributed by atoms with van der Waals surface area (Å²) >= 11 is 0. The minimum Gasteiger partial charge on any atom is -0.494 e. The highest BCUT2D eigenvalue weighted by Crippen LogP contribution is 2.42. The van der Waals surface area contributed by atoms with E-state index in [1.54, 1.807) is 46.1 Å². The number of hydrogen-bond acceptors (Lipinski definition) is 10. The highest BCUT2D eigenvalue weighted by Gasteiger charge is 2.33. The van der Waals surface area contributed by atoms with Crippen molar-refractivity contribution in [2.24, 2.45) is 0 Å². The number of nitrogens with zero attached hydrogens (tertiary/aromatic N) is 5. The number of nitrogens with one attached hydrogen (secondary N) is 2. The second kappa shape index (κ2) is 10.5. The first-order valence-corrected chi connectivity index (χ1v) is 11.2. The molecule has 1 amide bonds. The third-order valence-electron chi connectivity index (χ3n) is 5.84. The maximum Gasteiger partial charge on any atom is 0.247 e. The van der Waals surface area contributed by atoms with Gasteiger partial charge in [-0.15, -0.1) is 0 Å². The van der Waals surface area contributed by atoms with Crippen molar-refractivity contribution in [2.75, 3.05) is 59.7 Å². The Morgan fingerprint density at radius 3 is 2.69 bits per heavy atom. The van der Waals surface area contributed by atoms with E-state index in [2.05, 4.69) is 27.2 Å². The number of carbonyl (C=O) groups excluding carboxylic acids is 1. The van der Waals surface area contributed by atoms with Crippen LogP contribution in [0.25, 0.3) is 0 Å². The Bertz CT molecular complexity index is 1270. The van der Waals surface area contributed by atoms with Gasteiger partial charge in [0.2, 0.25) is 18.2 Å². The fourth-order valence-corrected chi connectivity index (χ4v) is 4.00. The molecule has 1 unspecified atom stereocenters. The number of methoxy groups -OCH3 is 1. The number of amides is 1. The summed E-state index contributed by atoms with van der Waals surface area (Å²) in [4.78, 5) is 26.3. The van der Waals surface area contributed by atoms with Gasteiger partial charge in [0.05, 0.1) is 42.2 Å². The molecule has 1 aromatic heterocycles. The third-order valence-corrected chi connectivity index (χ3v) is 5.84. The first-order valence-electron chi connectivity index (χ1n) is 11.2. The second-order valence-corrected chi connectivity index (χ2v) is 8.09. The number of benzene rings is 2. The van der Waals surface area contributed by atoms with Gasteiger partial charge in [0.1, 0.15) is 11.6 Å². The van der Waals surface area contributed by atoms with Crippen molar-refractivity contribution in [1.82, 2.24) is 9.97 Å². The first kappa shape index (κ1) is 24.8. The van der Waals surface area contributed by atoms with Crippen molar-refractivity contribution >= 4 is 46.1 Å². The Balaban J connectivity index is 1.70. The summed E-state index contributed by atoms with van der Waals surface area (Å²) < 4.78 is 5.58. The van der Waals surface area contributed by atoms with Gasteiger partial charge < -0.3 is 35.4 Å². The lowest BCUT2D eigenvalue weighted by Crippen LogP contribution is -2.38. The van der Waals surface area contributed by atoms with Crippen molar-refractivity contribution in [3.05, 3.63) is 61.3 Å². The molecule has 0 saturated carbocycles. The van der Waals surface area contributed by atoms with Crippen LogP contribution in [0.15, 0.2) is 61.3 Å². The molecule has 36 heavy (non-hydrogen) atoms. The summed E-state index contributed by atoms with van der Waals surface area (Å²) in [7, 11) is 5.14. The van der Waals surface area contributed by atoms with Gasteiger partial charge in [0, 0.05) is 32.9 Å². The molecule has 11 heteroatoms. The van der Waals surface area contributed by atoms with Crippen LogP contribution in [0.2, 0.25) is 0 Å². The van der Waals surface area contributed by atoms with Gasteiger partial charge in [0.15, 0.2) is 0 Å². The zero-order valence-electron chi connectivity index (χ0n) is 20.3. The Morgan fingerprint density at radius 1 is 1.25 bits per heavy atom. The molecule has 0 fully saturated rings. The molecule has 0 bridgehead atoms. The van der Waals surface area contributed by atoms with Gasteiger partial charge in [-0.2, -0.15) is 4.98 Å². The van der Waals surface area contributed by atoms with Crippen molar-refractivity contribution in [3.8, 4) is 5.75 Å². The van der Waals surface area contributed by atoms with E-state index in [1.807, 2.05) is 31.3 Å². The quantitative estimate of drug-likeness (QED) is 0.332. The summed E-state index contributed by atoms with van der Waals surface area (Å²) in [5.41, 5.74) is 3.34. The molecule has 1 aliphatic heterocycles. The number of ether oxygens (including phenoxy) is 1. The molecule has 0 saturated heterocycles. The molecule has 11 nitrogen and oxygen atoms in total. The van der Waals surface area contributed by atoms with Crippen molar-refractivity contribution < 1.29 is 19.7 Å². The molecule has 1 aliphatic rings. The van der Waals surface area contributed by atoms with Crippen LogP contribution in [-0.2, 0) is 4.79 Å². The number of hydrogen-bond donors (Lipinski definition) is 4. The van der Waals surface area contributed by atoms with E-state index >= 15 is 0 Å². The monoisotopic (exact) mass is 491 g/mol. The molecule has 4 rings (SSSR count). The Labute approximate surface area is 209 Å². The van der Waals surface area contributed by atoms with E-state index in [1.165, 1.54) is 13.2 Å². The molecular weight excluding hydrogens is 462 g/mol. The second-order valence-electron chi connectivity index (χ2n) is 8.09. The average Bonchev–Trinajstić information content (AvgIpc) is 3.14. The van der Waals surface area contributed by atoms with Crippen molar-refractivity contribution in [2.45, 2.75) is 6.35 Å². The summed E-state index contributed by atoms with van der Waals surface area (Å²) in [6, 6.07) is 12.8. The van der Waals surface area contributed by atoms with Crippen LogP contribution in [0.3, 0.4) is 0 Å².